The standard InChI is InChI=1S/C24H19F4N5O2/c1-12-21(13(2)33(32-12)11-14-3-5-15(6-4-14)24(26,27)28)31-23(35)18-10-20(22(29)34)30-19-9-16(25)7-8-17(18)19/h3-10H,11H2,1-2H3,(H2,29,34)(H,31,35). The first-order valence-corrected chi connectivity index (χ1v) is 10.4. The number of hydrogen-bond acceptors (Lipinski definition) is 4. The number of nitrogens with one attached hydrogen (secondary N) is 1. The second kappa shape index (κ2) is 8.82. The van der Waals surface area contributed by atoms with E-state index in [1.807, 2.05) is 0 Å². The lowest BCUT2D eigenvalue weighted by Gasteiger charge is -2.11. The molecule has 2 aromatic carbocycles. The van der Waals surface area contributed by atoms with Crippen molar-refractivity contribution in [1.29, 1.82) is 0 Å². The number of pyridine rings is 1. The van der Waals surface area contributed by atoms with Crippen LogP contribution in [0.1, 0.15) is 43.4 Å². The van der Waals surface area contributed by atoms with Crippen molar-refractivity contribution in [2.24, 2.45) is 5.73 Å². The number of aromatic nitrogens is 3. The summed E-state index contributed by atoms with van der Waals surface area (Å²) in [5.74, 6) is -2.05. The van der Waals surface area contributed by atoms with Gasteiger partial charge in [0, 0.05) is 11.5 Å². The maximum absolute atomic E-state index is 13.7. The van der Waals surface area contributed by atoms with E-state index in [1.165, 1.54) is 30.3 Å². The summed E-state index contributed by atoms with van der Waals surface area (Å²) < 4.78 is 53.7. The van der Waals surface area contributed by atoms with Crippen molar-refractivity contribution in [3.05, 3.63) is 88.1 Å². The molecule has 7 nitrogen and oxygen atoms in total. The summed E-state index contributed by atoms with van der Waals surface area (Å²) in [5, 5.41) is 7.47. The molecule has 0 bridgehead atoms. The number of amides is 2. The van der Waals surface area contributed by atoms with Crippen molar-refractivity contribution < 1.29 is 27.2 Å². The maximum Gasteiger partial charge on any atom is 0.416 e. The number of rotatable bonds is 5. The van der Waals surface area contributed by atoms with Gasteiger partial charge in [-0.05, 0) is 49.7 Å². The van der Waals surface area contributed by atoms with Gasteiger partial charge in [-0.2, -0.15) is 18.3 Å². The monoisotopic (exact) mass is 485 g/mol. The van der Waals surface area contributed by atoms with E-state index in [-0.39, 0.29) is 23.3 Å². The van der Waals surface area contributed by atoms with Crippen LogP contribution in [0.3, 0.4) is 0 Å². The lowest BCUT2D eigenvalue weighted by molar-refractivity contribution is -0.137. The molecule has 11 heteroatoms. The molecular weight excluding hydrogens is 466 g/mol. The van der Waals surface area contributed by atoms with Crippen molar-refractivity contribution in [3.63, 3.8) is 0 Å². The molecule has 3 N–H and O–H groups in total. The zero-order chi connectivity index (χ0) is 25.5. The number of anilines is 1. The number of halogens is 4. The van der Waals surface area contributed by atoms with Crippen molar-refractivity contribution in [2.45, 2.75) is 26.6 Å². The Hall–Kier alpha value is -4.28. The fourth-order valence-corrected chi connectivity index (χ4v) is 3.70. The van der Waals surface area contributed by atoms with Gasteiger partial charge in [-0.15, -0.1) is 0 Å². The van der Waals surface area contributed by atoms with Gasteiger partial charge in [-0.1, -0.05) is 12.1 Å². The van der Waals surface area contributed by atoms with Crippen LogP contribution >= 0.6 is 0 Å². The molecule has 0 atom stereocenters. The zero-order valence-electron chi connectivity index (χ0n) is 18.6. The second-order valence-corrected chi connectivity index (χ2v) is 7.93. The van der Waals surface area contributed by atoms with E-state index in [2.05, 4.69) is 15.4 Å². The van der Waals surface area contributed by atoms with E-state index in [0.29, 0.717) is 28.0 Å². The second-order valence-electron chi connectivity index (χ2n) is 7.93. The molecule has 0 saturated heterocycles. The van der Waals surface area contributed by atoms with Gasteiger partial charge in [0.1, 0.15) is 11.5 Å². The number of fused-ring (bicyclic) bond motifs is 1. The highest BCUT2D eigenvalue weighted by atomic mass is 19.4. The average Bonchev–Trinajstić information content (AvgIpc) is 3.05. The van der Waals surface area contributed by atoms with Crippen LogP contribution in [-0.4, -0.2) is 26.6 Å². The van der Waals surface area contributed by atoms with E-state index >= 15 is 0 Å². The minimum atomic E-state index is -4.43. The number of benzene rings is 2. The number of aryl methyl sites for hydroxylation is 1. The van der Waals surface area contributed by atoms with Crippen LogP contribution < -0.4 is 11.1 Å². The van der Waals surface area contributed by atoms with Gasteiger partial charge in [0.2, 0.25) is 0 Å². The smallest absolute Gasteiger partial charge is 0.364 e. The molecule has 4 aromatic rings. The molecule has 0 aliphatic carbocycles. The van der Waals surface area contributed by atoms with Crippen molar-refractivity contribution in [2.75, 3.05) is 5.32 Å². The van der Waals surface area contributed by atoms with E-state index in [1.54, 1.807) is 18.5 Å². The normalized spacial score (nSPS) is 11.6. The number of primary amides is 1. The Labute approximate surface area is 196 Å². The lowest BCUT2D eigenvalue weighted by Crippen LogP contribution is -2.18. The van der Waals surface area contributed by atoms with Crippen molar-refractivity contribution in [3.8, 4) is 0 Å². The predicted octanol–water partition coefficient (Wildman–Crippen LogP) is 4.61. The molecule has 0 aliphatic heterocycles. The van der Waals surface area contributed by atoms with E-state index in [0.717, 1.165) is 18.2 Å². The Morgan fingerprint density at radius 2 is 1.74 bits per heavy atom. The van der Waals surface area contributed by atoms with Crippen LogP contribution in [0, 0.1) is 19.7 Å². The summed E-state index contributed by atoms with van der Waals surface area (Å²) in [6, 6.07) is 9.60. The third-order valence-corrected chi connectivity index (χ3v) is 5.50. The van der Waals surface area contributed by atoms with E-state index in [4.69, 9.17) is 5.73 Å². The summed E-state index contributed by atoms with van der Waals surface area (Å²) in [6.45, 7) is 3.55. The van der Waals surface area contributed by atoms with Crippen LogP contribution in [0.5, 0.6) is 0 Å². The van der Waals surface area contributed by atoms with Crippen molar-refractivity contribution in [1.82, 2.24) is 14.8 Å². The molecule has 4 rings (SSSR count). The van der Waals surface area contributed by atoms with Gasteiger partial charge in [0.25, 0.3) is 11.8 Å². The topological polar surface area (TPSA) is 103 Å². The molecule has 2 amide bonds. The maximum atomic E-state index is 13.7. The van der Waals surface area contributed by atoms with Gasteiger partial charge in [-0.25, -0.2) is 9.37 Å². The number of nitrogens with two attached hydrogens (primary N) is 1. The summed E-state index contributed by atoms with van der Waals surface area (Å²) in [7, 11) is 0. The minimum Gasteiger partial charge on any atom is -0.364 e. The molecule has 35 heavy (non-hydrogen) atoms. The highest BCUT2D eigenvalue weighted by Gasteiger charge is 2.30. The highest BCUT2D eigenvalue weighted by Crippen LogP contribution is 2.30. The molecule has 0 aliphatic rings. The molecule has 0 unspecified atom stereocenters. The largest absolute Gasteiger partial charge is 0.416 e. The first kappa shape index (κ1) is 23.9. The molecule has 0 fully saturated rings. The fourth-order valence-electron chi connectivity index (χ4n) is 3.70. The van der Waals surface area contributed by atoms with Gasteiger partial charge in [0.15, 0.2) is 0 Å². The predicted molar refractivity (Wildman–Crippen MR) is 120 cm³/mol. The summed E-state index contributed by atoms with van der Waals surface area (Å²) >= 11 is 0. The number of alkyl halides is 3. The zero-order valence-corrected chi connectivity index (χ0v) is 18.6. The van der Waals surface area contributed by atoms with Gasteiger partial charge < -0.3 is 11.1 Å². The molecule has 2 heterocycles. The van der Waals surface area contributed by atoms with Crippen LogP contribution in [0.4, 0.5) is 23.2 Å². The van der Waals surface area contributed by atoms with Crippen LogP contribution in [-0.2, 0) is 12.7 Å². The van der Waals surface area contributed by atoms with Crippen LogP contribution in [0.2, 0.25) is 0 Å². The van der Waals surface area contributed by atoms with E-state index < -0.39 is 29.4 Å². The average molecular weight is 485 g/mol. The third kappa shape index (κ3) is 4.84. The minimum absolute atomic E-state index is 0.0677. The fraction of sp³-hybridized carbons (Fsp3) is 0.167. The Morgan fingerprint density at radius 3 is 2.37 bits per heavy atom. The molecule has 2 aromatic heterocycles. The van der Waals surface area contributed by atoms with Gasteiger partial charge >= 0.3 is 6.18 Å². The van der Waals surface area contributed by atoms with E-state index in [9.17, 15) is 27.2 Å². The Kier molecular flexibility index (Phi) is 6.01. The number of carbonyl (C=O) groups excluding carboxylic acids is 2. The molecule has 180 valence electrons. The van der Waals surface area contributed by atoms with Gasteiger partial charge in [0.05, 0.1) is 40.3 Å². The number of nitrogens with zero attached hydrogens (tertiary/aromatic N) is 3. The van der Waals surface area contributed by atoms with Gasteiger partial charge in [-0.3, -0.25) is 14.3 Å². The molecule has 0 spiro atoms. The Bertz CT molecular complexity index is 1460. The number of hydrogen-bond donors (Lipinski definition) is 2. The lowest BCUT2D eigenvalue weighted by atomic mass is 10.1. The summed E-state index contributed by atoms with van der Waals surface area (Å²) in [6.07, 6.45) is -4.43. The molecule has 0 radical (unpaired) electrons. The SMILES string of the molecule is Cc1nn(Cc2ccc(C(F)(F)F)cc2)c(C)c1NC(=O)c1cc(C(N)=O)nc2cc(F)ccc12. The first-order chi connectivity index (χ1) is 16.4. The summed E-state index contributed by atoms with van der Waals surface area (Å²) in [5.41, 5.74) is 6.57. The van der Waals surface area contributed by atoms with Crippen molar-refractivity contribution >= 4 is 28.4 Å². The number of carbonyl (C=O) groups is 2. The summed E-state index contributed by atoms with van der Waals surface area (Å²) in [4.78, 5) is 28.9. The van der Waals surface area contributed by atoms with Crippen LogP contribution in [0.25, 0.3) is 10.9 Å². The molecular formula is C24H19F4N5O2. The third-order valence-electron chi connectivity index (χ3n) is 5.50. The highest BCUT2D eigenvalue weighted by molar-refractivity contribution is 6.14. The Balaban J connectivity index is 1.64. The Morgan fingerprint density at radius 1 is 1.06 bits per heavy atom. The first-order valence-electron chi connectivity index (χ1n) is 10.4. The van der Waals surface area contributed by atoms with Crippen LogP contribution in [0.15, 0.2) is 48.5 Å². The quantitative estimate of drug-likeness (QED) is 0.403. The molecule has 0 saturated carbocycles.